The molecular formula is C14H16N2O3. The molecule has 0 unspecified atom stereocenters. The monoisotopic (exact) mass is 260 g/mol. The van der Waals surface area contributed by atoms with E-state index in [4.69, 9.17) is 4.42 Å². The summed E-state index contributed by atoms with van der Waals surface area (Å²) >= 11 is 0. The Labute approximate surface area is 110 Å². The van der Waals surface area contributed by atoms with Crippen molar-refractivity contribution in [3.05, 3.63) is 30.2 Å². The highest BCUT2D eigenvalue weighted by Crippen LogP contribution is 2.19. The lowest BCUT2D eigenvalue weighted by atomic mass is 9.93. The predicted molar refractivity (Wildman–Crippen MR) is 69.7 cm³/mol. The highest BCUT2D eigenvalue weighted by molar-refractivity contribution is 5.97. The van der Waals surface area contributed by atoms with E-state index in [1.165, 1.54) is 6.39 Å². The van der Waals surface area contributed by atoms with Crippen LogP contribution in [0.4, 0.5) is 0 Å². The molecule has 100 valence electrons. The van der Waals surface area contributed by atoms with Gasteiger partial charge in [-0.3, -0.25) is 4.79 Å². The molecule has 1 aliphatic rings. The molecule has 19 heavy (non-hydrogen) atoms. The number of hydrogen-bond acceptors (Lipinski definition) is 4. The van der Waals surface area contributed by atoms with Gasteiger partial charge in [0, 0.05) is 11.6 Å². The van der Waals surface area contributed by atoms with Gasteiger partial charge in [0.25, 0.3) is 5.91 Å². The minimum Gasteiger partial charge on any atom is -0.443 e. The SMILES string of the molecule is O=C(NC1CCC(O)CC1)c1ccc2ncoc2c1. The number of oxazole rings is 1. The third kappa shape index (κ3) is 2.61. The maximum Gasteiger partial charge on any atom is 0.251 e. The fourth-order valence-electron chi connectivity index (χ4n) is 2.49. The van der Waals surface area contributed by atoms with Crippen molar-refractivity contribution >= 4 is 17.0 Å². The van der Waals surface area contributed by atoms with Crippen LogP contribution in [-0.4, -0.2) is 28.1 Å². The molecule has 2 aromatic rings. The Bertz CT molecular complexity index is 585. The summed E-state index contributed by atoms with van der Waals surface area (Å²) in [6, 6.07) is 5.38. The Morgan fingerprint density at radius 1 is 1.32 bits per heavy atom. The van der Waals surface area contributed by atoms with Gasteiger partial charge in [-0.15, -0.1) is 0 Å². The molecule has 1 aromatic heterocycles. The van der Waals surface area contributed by atoms with E-state index in [1.54, 1.807) is 18.2 Å². The number of nitrogens with one attached hydrogen (secondary N) is 1. The summed E-state index contributed by atoms with van der Waals surface area (Å²) < 4.78 is 5.19. The number of nitrogens with zero attached hydrogens (tertiary/aromatic N) is 1. The van der Waals surface area contributed by atoms with E-state index in [1.807, 2.05) is 0 Å². The van der Waals surface area contributed by atoms with Crippen molar-refractivity contribution in [1.29, 1.82) is 0 Å². The van der Waals surface area contributed by atoms with Crippen molar-refractivity contribution in [2.24, 2.45) is 0 Å². The molecule has 1 aromatic carbocycles. The zero-order chi connectivity index (χ0) is 13.2. The molecule has 3 rings (SSSR count). The third-order valence-electron chi connectivity index (χ3n) is 3.63. The molecule has 5 heteroatoms. The summed E-state index contributed by atoms with van der Waals surface area (Å²) in [5.74, 6) is -0.0975. The van der Waals surface area contributed by atoms with Gasteiger partial charge in [0.2, 0.25) is 0 Å². The first kappa shape index (κ1) is 12.2. The molecular weight excluding hydrogens is 244 g/mol. The number of aliphatic hydroxyl groups excluding tert-OH is 1. The van der Waals surface area contributed by atoms with Gasteiger partial charge >= 0.3 is 0 Å². The van der Waals surface area contributed by atoms with Crippen molar-refractivity contribution < 1.29 is 14.3 Å². The van der Waals surface area contributed by atoms with Crippen LogP contribution < -0.4 is 5.32 Å². The Hall–Kier alpha value is -1.88. The van der Waals surface area contributed by atoms with E-state index in [9.17, 15) is 9.90 Å². The van der Waals surface area contributed by atoms with E-state index in [2.05, 4.69) is 10.3 Å². The summed E-state index contributed by atoms with van der Waals surface area (Å²) in [5, 5.41) is 12.4. The highest BCUT2D eigenvalue weighted by Gasteiger charge is 2.21. The zero-order valence-electron chi connectivity index (χ0n) is 10.5. The molecule has 2 N–H and O–H groups in total. The number of rotatable bonds is 2. The van der Waals surface area contributed by atoms with Crippen molar-refractivity contribution in [2.45, 2.75) is 37.8 Å². The number of hydrogen-bond donors (Lipinski definition) is 2. The molecule has 0 bridgehead atoms. The van der Waals surface area contributed by atoms with E-state index in [-0.39, 0.29) is 18.1 Å². The Kier molecular flexibility index (Phi) is 3.21. The van der Waals surface area contributed by atoms with Crippen LogP contribution in [0.2, 0.25) is 0 Å². The van der Waals surface area contributed by atoms with Gasteiger partial charge < -0.3 is 14.8 Å². The Morgan fingerprint density at radius 2 is 2.11 bits per heavy atom. The van der Waals surface area contributed by atoms with Crippen LogP contribution in [0.3, 0.4) is 0 Å². The van der Waals surface area contributed by atoms with Crippen LogP contribution in [0, 0.1) is 0 Å². The topological polar surface area (TPSA) is 75.4 Å². The summed E-state index contributed by atoms with van der Waals surface area (Å²) in [6.07, 6.45) is 4.33. The van der Waals surface area contributed by atoms with Crippen molar-refractivity contribution in [2.75, 3.05) is 0 Å². The van der Waals surface area contributed by atoms with Gasteiger partial charge in [-0.2, -0.15) is 0 Å². The van der Waals surface area contributed by atoms with Gasteiger partial charge in [-0.25, -0.2) is 4.98 Å². The summed E-state index contributed by atoms with van der Waals surface area (Å²) in [4.78, 5) is 16.1. The van der Waals surface area contributed by atoms with E-state index in [0.717, 1.165) is 31.2 Å². The Morgan fingerprint density at radius 3 is 2.89 bits per heavy atom. The molecule has 0 radical (unpaired) electrons. The van der Waals surface area contributed by atoms with Crippen LogP contribution in [-0.2, 0) is 0 Å². The molecule has 0 spiro atoms. The number of carbonyl (C=O) groups excluding carboxylic acids is 1. The van der Waals surface area contributed by atoms with E-state index < -0.39 is 0 Å². The van der Waals surface area contributed by atoms with Crippen LogP contribution in [0.1, 0.15) is 36.0 Å². The third-order valence-corrected chi connectivity index (χ3v) is 3.63. The van der Waals surface area contributed by atoms with E-state index >= 15 is 0 Å². The minimum atomic E-state index is -0.210. The first-order valence-electron chi connectivity index (χ1n) is 6.54. The van der Waals surface area contributed by atoms with Gasteiger partial charge in [-0.1, -0.05) is 0 Å². The van der Waals surface area contributed by atoms with Gasteiger partial charge in [0.15, 0.2) is 12.0 Å². The standard InChI is InChI=1S/C14H16N2O3/c17-11-4-2-10(3-5-11)16-14(18)9-1-6-12-13(7-9)19-8-15-12/h1,6-8,10-11,17H,2-5H2,(H,16,18). The lowest BCUT2D eigenvalue weighted by Crippen LogP contribution is -2.38. The Balaban J connectivity index is 1.69. The van der Waals surface area contributed by atoms with Gasteiger partial charge in [-0.05, 0) is 43.9 Å². The molecule has 0 atom stereocenters. The number of aromatic nitrogens is 1. The second-order valence-electron chi connectivity index (χ2n) is 5.01. The molecule has 1 saturated carbocycles. The first-order chi connectivity index (χ1) is 9.22. The van der Waals surface area contributed by atoms with Crippen LogP contribution in [0.15, 0.2) is 29.0 Å². The molecule has 0 saturated heterocycles. The zero-order valence-corrected chi connectivity index (χ0v) is 10.5. The molecule has 0 aliphatic heterocycles. The smallest absolute Gasteiger partial charge is 0.251 e. The second-order valence-corrected chi connectivity index (χ2v) is 5.01. The average molecular weight is 260 g/mol. The normalized spacial score (nSPS) is 23.4. The number of benzene rings is 1. The minimum absolute atomic E-state index is 0.0975. The number of carbonyl (C=O) groups is 1. The predicted octanol–water partition coefficient (Wildman–Crippen LogP) is 1.86. The molecule has 1 heterocycles. The summed E-state index contributed by atoms with van der Waals surface area (Å²) in [7, 11) is 0. The fraction of sp³-hybridized carbons (Fsp3) is 0.429. The van der Waals surface area contributed by atoms with Crippen LogP contribution in [0.25, 0.3) is 11.1 Å². The molecule has 5 nitrogen and oxygen atoms in total. The first-order valence-corrected chi connectivity index (χ1v) is 6.54. The number of amides is 1. The number of aliphatic hydroxyl groups is 1. The van der Waals surface area contributed by atoms with Crippen molar-refractivity contribution in [3.8, 4) is 0 Å². The van der Waals surface area contributed by atoms with Crippen molar-refractivity contribution in [3.63, 3.8) is 0 Å². The maximum atomic E-state index is 12.1. The fourth-order valence-corrected chi connectivity index (χ4v) is 2.49. The van der Waals surface area contributed by atoms with Crippen LogP contribution in [0.5, 0.6) is 0 Å². The lowest BCUT2D eigenvalue weighted by Gasteiger charge is -2.26. The maximum absolute atomic E-state index is 12.1. The quantitative estimate of drug-likeness (QED) is 0.864. The largest absolute Gasteiger partial charge is 0.443 e. The summed E-state index contributed by atoms with van der Waals surface area (Å²) in [6.45, 7) is 0. The summed E-state index contributed by atoms with van der Waals surface area (Å²) in [5.41, 5.74) is 1.94. The molecule has 1 aliphatic carbocycles. The average Bonchev–Trinajstić information content (AvgIpc) is 2.88. The molecule has 1 fully saturated rings. The van der Waals surface area contributed by atoms with Gasteiger partial charge in [0.05, 0.1) is 6.10 Å². The highest BCUT2D eigenvalue weighted by atomic mass is 16.3. The lowest BCUT2D eigenvalue weighted by molar-refractivity contribution is 0.0867. The number of fused-ring (bicyclic) bond motifs is 1. The van der Waals surface area contributed by atoms with E-state index in [0.29, 0.717) is 11.1 Å². The van der Waals surface area contributed by atoms with Crippen molar-refractivity contribution in [1.82, 2.24) is 10.3 Å². The molecule has 1 amide bonds. The van der Waals surface area contributed by atoms with Crippen LogP contribution >= 0.6 is 0 Å². The second kappa shape index (κ2) is 5.01. The van der Waals surface area contributed by atoms with Gasteiger partial charge in [0.1, 0.15) is 5.52 Å².